The summed E-state index contributed by atoms with van der Waals surface area (Å²) in [7, 11) is 1.74. The molecule has 2 aromatic rings. The van der Waals surface area contributed by atoms with Crippen molar-refractivity contribution in [3.63, 3.8) is 0 Å². The largest absolute Gasteiger partial charge is 0.291 e. The second kappa shape index (κ2) is 5.02. The van der Waals surface area contributed by atoms with E-state index < -0.39 is 0 Å². The van der Waals surface area contributed by atoms with Crippen molar-refractivity contribution in [2.45, 2.75) is 0 Å². The first kappa shape index (κ1) is 11.0. The third kappa shape index (κ3) is 2.97. The third-order valence-electron chi connectivity index (χ3n) is 2.00. The van der Waals surface area contributed by atoms with Crippen LogP contribution in [0.3, 0.4) is 0 Å². The van der Waals surface area contributed by atoms with E-state index in [0.717, 1.165) is 0 Å². The fourth-order valence-electron chi connectivity index (χ4n) is 1.20. The predicted molar refractivity (Wildman–Crippen MR) is 62.5 cm³/mol. The highest BCUT2D eigenvalue weighted by atomic mass is 16.2. The number of rotatable bonds is 3. The molecule has 0 fully saturated rings. The SMILES string of the molecule is Cn1ccc(C(=O)NN=Cc2ccccn2)n1. The standard InChI is InChI=1S/C11H11N5O/c1-16-7-5-10(15-16)11(17)14-13-8-9-4-2-3-6-12-9/h2-8H,1H3,(H,14,17). The smallest absolute Gasteiger partial charge is 0.275 e. The number of aromatic nitrogens is 3. The zero-order valence-corrected chi connectivity index (χ0v) is 9.24. The number of carbonyl (C=O) groups is 1. The van der Waals surface area contributed by atoms with Gasteiger partial charge in [-0.15, -0.1) is 0 Å². The highest BCUT2D eigenvalue weighted by molar-refractivity contribution is 5.92. The zero-order valence-electron chi connectivity index (χ0n) is 9.24. The Labute approximate surface area is 98.0 Å². The highest BCUT2D eigenvalue weighted by Gasteiger charge is 2.06. The van der Waals surface area contributed by atoms with Crippen molar-refractivity contribution in [3.05, 3.63) is 48.0 Å². The summed E-state index contributed by atoms with van der Waals surface area (Å²) in [6.45, 7) is 0. The summed E-state index contributed by atoms with van der Waals surface area (Å²) in [6.07, 6.45) is 4.82. The average molecular weight is 229 g/mol. The van der Waals surface area contributed by atoms with Crippen LogP contribution in [0.1, 0.15) is 16.2 Å². The molecule has 0 saturated heterocycles. The van der Waals surface area contributed by atoms with Crippen LogP contribution in [0.2, 0.25) is 0 Å². The van der Waals surface area contributed by atoms with E-state index in [0.29, 0.717) is 11.4 Å². The van der Waals surface area contributed by atoms with E-state index in [1.165, 1.54) is 6.21 Å². The number of hydrazone groups is 1. The van der Waals surface area contributed by atoms with Gasteiger partial charge in [0.25, 0.3) is 5.91 Å². The van der Waals surface area contributed by atoms with Crippen molar-refractivity contribution in [2.75, 3.05) is 0 Å². The molecule has 0 aliphatic heterocycles. The van der Waals surface area contributed by atoms with Gasteiger partial charge in [0.1, 0.15) is 0 Å². The average Bonchev–Trinajstić information content (AvgIpc) is 2.77. The Morgan fingerprint density at radius 3 is 3.00 bits per heavy atom. The van der Waals surface area contributed by atoms with E-state index in [1.54, 1.807) is 36.3 Å². The summed E-state index contributed by atoms with van der Waals surface area (Å²) in [5, 5.41) is 7.74. The lowest BCUT2D eigenvalue weighted by Crippen LogP contribution is -2.18. The maximum Gasteiger partial charge on any atom is 0.291 e. The molecule has 1 amide bonds. The fourth-order valence-corrected chi connectivity index (χ4v) is 1.20. The molecule has 86 valence electrons. The second-order valence-corrected chi connectivity index (χ2v) is 3.33. The van der Waals surface area contributed by atoms with E-state index in [9.17, 15) is 4.79 Å². The van der Waals surface area contributed by atoms with Crippen LogP contribution >= 0.6 is 0 Å². The first-order valence-corrected chi connectivity index (χ1v) is 5.00. The monoisotopic (exact) mass is 229 g/mol. The van der Waals surface area contributed by atoms with Crippen LogP contribution in [0.5, 0.6) is 0 Å². The lowest BCUT2D eigenvalue weighted by atomic mass is 10.4. The number of hydrogen-bond donors (Lipinski definition) is 1. The third-order valence-corrected chi connectivity index (χ3v) is 2.00. The van der Waals surface area contributed by atoms with E-state index in [4.69, 9.17) is 0 Å². The number of pyridine rings is 1. The van der Waals surface area contributed by atoms with Gasteiger partial charge in [0.05, 0.1) is 11.9 Å². The van der Waals surface area contributed by atoms with Crippen molar-refractivity contribution in [1.29, 1.82) is 0 Å². The summed E-state index contributed by atoms with van der Waals surface area (Å²) in [6, 6.07) is 7.06. The fraction of sp³-hybridized carbons (Fsp3) is 0.0909. The van der Waals surface area contributed by atoms with Crippen LogP contribution in [-0.4, -0.2) is 26.9 Å². The minimum Gasteiger partial charge on any atom is -0.275 e. The molecule has 0 saturated carbocycles. The molecule has 2 aromatic heterocycles. The highest BCUT2D eigenvalue weighted by Crippen LogP contribution is 1.93. The first-order chi connectivity index (χ1) is 8.25. The Morgan fingerprint density at radius 1 is 1.47 bits per heavy atom. The van der Waals surface area contributed by atoms with Crippen LogP contribution in [0.4, 0.5) is 0 Å². The Bertz CT molecular complexity index is 532. The zero-order chi connectivity index (χ0) is 12.1. The lowest BCUT2D eigenvalue weighted by molar-refractivity contribution is 0.0949. The van der Waals surface area contributed by atoms with Crippen molar-refractivity contribution < 1.29 is 4.79 Å². The van der Waals surface area contributed by atoms with E-state index in [-0.39, 0.29) is 5.91 Å². The van der Waals surface area contributed by atoms with Crippen molar-refractivity contribution in [2.24, 2.45) is 12.1 Å². The molecule has 0 spiro atoms. The molecule has 0 aromatic carbocycles. The summed E-state index contributed by atoms with van der Waals surface area (Å²) >= 11 is 0. The molecule has 2 heterocycles. The molecule has 1 N–H and O–H groups in total. The van der Waals surface area contributed by atoms with Crippen LogP contribution in [0.25, 0.3) is 0 Å². The lowest BCUT2D eigenvalue weighted by Gasteiger charge is -1.94. The minimum absolute atomic E-state index is 0.325. The molecule has 0 unspecified atom stereocenters. The number of nitrogens with one attached hydrogen (secondary N) is 1. The molecule has 2 rings (SSSR count). The Morgan fingerprint density at radius 2 is 2.35 bits per heavy atom. The second-order valence-electron chi connectivity index (χ2n) is 3.33. The quantitative estimate of drug-likeness (QED) is 0.618. The molecule has 6 heteroatoms. The number of hydrogen-bond acceptors (Lipinski definition) is 4. The van der Waals surface area contributed by atoms with Crippen LogP contribution < -0.4 is 5.43 Å². The van der Waals surface area contributed by atoms with Gasteiger partial charge in [-0.3, -0.25) is 14.5 Å². The van der Waals surface area contributed by atoms with Gasteiger partial charge in [-0.25, -0.2) is 5.43 Å². The van der Waals surface area contributed by atoms with Crippen LogP contribution in [0, 0.1) is 0 Å². The predicted octanol–water partition coefficient (Wildman–Crippen LogP) is 0.579. The number of nitrogens with zero attached hydrogens (tertiary/aromatic N) is 4. The molecule has 0 atom stereocenters. The van der Waals surface area contributed by atoms with Gasteiger partial charge < -0.3 is 0 Å². The van der Waals surface area contributed by atoms with Crippen LogP contribution in [0.15, 0.2) is 41.8 Å². The van der Waals surface area contributed by atoms with Gasteiger partial charge in [-0.2, -0.15) is 10.2 Å². The van der Waals surface area contributed by atoms with Gasteiger partial charge in [0.15, 0.2) is 5.69 Å². The van der Waals surface area contributed by atoms with Gasteiger partial charge >= 0.3 is 0 Å². The summed E-state index contributed by atoms with van der Waals surface area (Å²) in [5.74, 6) is -0.349. The van der Waals surface area contributed by atoms with Crippen molar-refractivity contribution in [1.82, 2.24) is 20.2 Å². The molecule has 0 aliphatic rings. The van der Waals surface area contributed by atoms with Crippen molar-refractivity contribution >= 4 is 12.1 Å². The number of carbonyl (C=O) groups excluding carboxylic acids is 1. The maximum atomic E-state index is 11.5. The molecule has 0 bridgehead atoms. The van der Waals surface area contributed by atoms with Gasteiger partial charge in [0, 0.05) is 19.4 Å². The number of aryl methyl sites for hydroxylation is 1. The van der Waals surface area contributed by atoms with E-state index in [2.05, 4.69) is 20.6 Å². The minimum atomic E-state index is -0.349. The summed E-state index contributed by atoms with van der Waals surface area (Å²) in [5.41, 5.74) is 3.37. The number of amides is 1. The molecular formula is C11H11N5O. The van der Waals surface area contributed by atoms with E-state index >= 15 is 0 Å². The molecule has 0 radical (unpaired) electrons. The van der Waals surface area contributed by atoms with E-state index in [1.807, 2.05) is 12.1 Å². The maximum absolute atomic E-state index is 11.5. The Balaban J connectivity index is 1.95. The van der Waals surface area contributed by atoms with Crippen LogP contribution in [-0.2, 0) is 7.05 Å². The topological polar surface area (TPSA) is 72.2 Å². The molecule has 17 heavy (non-hydrogen) atoms. The molecule has 0 aliphatic carbocycles. The van der Waals surface area contributed by atoms with Crippen molar-refractivity contribution in [3.8, 4) is 0 Å². The molecule has 6 nitrogen and oxygen atoms in total. The normalized spacial score (nSPS) is 10.6. The van der Waals surface area contributed by atoms with Gasteiger partial charge in [-0.1, -0.05) is 6.07 Å². The Kier molecular flexibility index (Phi) is 3.25. The van der Waals surface area contributed by atoms with Gasteiger partial charge in [-0.05, 0) is 18.2 Å². The summed E-state index contributed by atoms with van der Waals surface area (Å²) in [4.78, 5) is 15.6. The summed E-state index contributed by atoms with van der Waals surface area (Å²) < 4.78 is 1.55. The molecular weight excluding hydrogens is 218 g/mol. The first-order valence-electron chi connectivity index (χ1n) is 5.00. The van der Waals surface area contributed by atoms with Gasteiger partial charge in [0.2, 0.25) is 0 Å². The Hall–Kier alpha value is -2.50.